The quantitative estimate of drug-likeness (QED) is 0.488. The van der Waals surface area contributed by atoms with E-state index in [0.717, 1.165) is 14.9 Å². The van der Waals surface area contributed by atoms with E-state index < -0.39 is 16.1 Å². The van der Waals surface area contributed by atoms with Crippen LogP contribution < -0.4 is 8.20 Å². The van der Waals surface area contributed by atoms with Gasteiger partial charge in [0.05, 0.1) is 0 Å². The van der Waals surface area contributed by atoms with Crippen LogP contribution in [0, 0.1) is 0 Å². The Hall–Kier alpha value is -0.681. The van der Waals surface area contributed by atoms with Crippen molar-refractivity contribution in [3.05, 3.63) is 23.8 Å². The molecule has 0 saturated heterocycles. The Balaban J connectivity index is 2.37. The van der Waals surface area contributed by atoms with Gasteiger partial charge in [0.15, 0.2) is 0 Å². The van der Waals surface area contributed by atoms with Gasteiger partial charge in [-0.2, -0.15) is 0 Å². The third-order valence-corrected chi connectivity index (χ3v) is 8.20. The Bertz CT molecular complexity index is 474. The number of carboxylic acid groups (broad SMARTS) is 1. The molecule has 2 rings (SSSR count). The van der Waals surface area contributed by atoms with Gasteiger partial charge in [0.1, 0.15) is 0 Å². The minimum atomic E-state index is -2.36. The molecule has 0 radical (unpaired) electrons. The molecule has 1 aliphatic heterocycles. The van der Waals surface area contributed by atoms with Crippen LogP contribution in [0.5, 0.6) is 0 Å². The average Bonchev–Trinajstić information content (AvgIpc) is 2.41. The molecular formula is C9H11NO3SSe. The number of thiol groups is 1. The summed E-state index contributed by atoms with van der Waals surface area (Å²) >= 11 is 0.00806. The van der Waals surface area contributed by atoms with E-state index in [1.54, 1.807) is 18.4 Å². The summed E-state index contributed by atoms with van der Waals surface area (Å²) in [4.78, 5) is 11.4. The standard InChI is InChI=1S/C9H11NO3SSe/c1-14(13)7-3-2-6(5-9(11)12)4-8(7)15-10-14/h2-4,14H,5H2,1H3,(H,10,13)(H,11,12). The number of hydrogen-bond donors (Lipinski definition) is 3. The summed E-state index contributed by atoms with van der Waals surface area (Å²) in [6.07, 6.45) is 1.73. The molecule has 1 aromatic rings. The third kappa shape index (κ3) is 2.13. The number of carboxylic acids is 1. The molecule has 1 heterocycles. The first-order valence-corrected chi connectivity index (χ1v) is 8.23. The summed E-state index contributed by atoms with van der Waals surface area (Å²) in [6.45, 7) is 0. The van der Waals surface area contributed by atoms with Crippen LogP contribution in [0.4, 0.5) is 0 Å². The molecule has 0 fully saturated rings. The Morgan fingerprint density at radius 1 is 1.60 bits per heavy atom. The van der Waals surface area contributed by atoms with Gasteiger partial charge in [-0.05, 0) is 0 Å². The Morgan fingerprint density at radius 2 is 2.33 bits per heavy atom. The number of aliphatic carboxylic acids is 1. The van der Waals surface area contributed by atoms with Gasteiger partial charge in [-0.3, -0.25) is 0 Å². The molecule has 15 heavy (non-hydrogen) atoms. The number of hydrogen-bond acceptors (Lipinski definition) is 2. The van der Waals surface area contributed by atoms with E-state index in [1.165, 1.54) is 0 Å². The van der Waals surface area contributed by atoms with Crippen LogP contribution in [0.15, 0.2) is 23.1 Å². The number of benzene rings is 1. The van der Waals surface area contributed by atoms with Crippen molar-refractivity contribution in [1.82, 2.24) is 3.74 Å². The zero-order chi connectivity index (χ0) is 11.1. The maximum atomic E-state index is 12.0. The predicted molar refractivity (Wildman–Crippen MR) is 60.0 cm³/mol. The first-order valence-electron chi connectivity index (χ1n) is 4.36. The van der Waals surface area contributed by atoms with E-state index in [1.807, 2.05) is 6.07 Å². The van der Waals surface area contributed by atoms with Crippen molar-refractivity contribution in [2.45, 2.75) is 11.3 Å². The van der Waals surface area contributed by atoms with Crippen LogP contribution in [0.1, 0.15) is 5.56 Å². The van der Waals surface area contributed by atoms with Gasteiger partial charge in [0.25, 0.3) is 0 Å². The second-order valence-corrected chi connectivity index (χ2v) is 8.50. The molecular weight excluding hydrogens is 281 g/mol. The monoisotopic (exact) mass is 293 g/mol. The first-order chi connectivity index (χ1) is 6.99. The summed E-state index contributed by atoms with van der Waals surface area (Å²) in [5.74, 6) is -0.840. The zero-order valence-corrected chi connectivity index (χ0v) is 10.7. The van der Waals surface area contributed by atoms with Crippen molar-refractivity contribution in [3.8, 4) is 0 Å². The van der Waals surface area contributed by atoms with Crippen LogP contribution in [0.3, 0.4) is 0 Å². The van der Waals surface area contributed by atoms with E-state index in [-0.39, 0.29) is 21.6 Å². The van der Waals surface area contributed by atoms with Crippen LogP contribution in [0.25, 0.3) is 0 Å². The zero-order valence-electron chi connectivity index (χ0n) is 8.06. The van der Waals surface area contributed by atoms with Crippen molar-refractivity contribution in [3.63, 3.8) is 0 Å². The molecule has 0 aliphatic carbocycles. The average molecular weight is 292 g/mol. The fourth-order valence-electron chi connectivity index (χ4n) is 1.46. The normalized spacial score (nSPS) is 19.5. The van der Waals surface area contributed by atoms with E-state index >= 15 is 0 Å². The molecule has 2 N–H and O–H groups in total. The second kappa shape index (κ2) is 3.72. The topological polar surface area (TPSA) is 66.4 Å². The van der Waals surface area contributed by atoms with Gasteiger partial charge < -0.3 is 0 Å². The fraction of sp³-hybridized carbons (Fsp3) is 0.222. The van der Waals surface area contributed by atoms with Crippen molar-refractivity contribution >= 4 is 35.7 Å². The molecule has 0 spiro atoms. The molecule has 0 saturated carbocycles. The molecule has 1 aliphatic rings. The van der Waals surface area contributed by atoms with E-state index in [0.29, 0.717) is 0 Å². The number of rotatable bonds is 2. The van der Waals surface area contributed by atoms with Crippen LogP contribution in [0.2, 0.25) is 0 Å². The van der Waals surface area contributed by atoms with Crippen LogP contribution >= 0.6 is 0 Å². The summed E-state index contributed by atoms with van der Waals surface area (Å²) in [5, 5.41) is 8.65. The predicted octanol–water partition coefficient (Wildman–Crippen LogP) is -0.918. The molecule has 0 bridgehead atoms. The molecule has 0 aromatic heterocycles. The van der Waals surface area contributed by atoms with Gasteiger partial charge >= 0.3 is 94.9 Å². The van der Waals surface area contributed by atoms with E-state index in [9.17, 15) is 9.00 Å². The first kappa shape index (κ1) is 10.8. The van der Waals surface area contributed by atoms with E-state index in [2.05, 4.69) is 3.74 Å². The summed E-state index contributed by atoms with van der Waals surface area (Å²) in [5.41, 5.74) is 0.770. The summed E-state index contributed by atoms with van der Waals surface area (Å²) < 4.78 is 16.0. The van der Waals surface area contributed by atoms with Gasteiger partial charge in [-0.1, -0.05) is 0 Å². The molecule has 0 atom stereocenters. The Kier molecular flexibility index (Phi) is 2.68. The molecule has 82 valence electrons. The van der Waals surface area contributed by atoms with Crippen molar-refractivity contribution in [2.75, 3.05) is 6.26 Å². The summed E-state index contributed by atoms with van der Waals surface area (Å²) in [6, 6.07) is 5.38. The van der Waals surface area contributed by atoms with Crippen LogP contribution in [-0.2, 0) is 21.3 Å². The Labute approximate surface area is 95.0 Å². The van der Waals surface area contributed by atoms with Crippen molar-refractivity contribution in [2.24, 2.45) is 0 Å². The Morgan fingerprint density at radius 3 is 3.00 bits per heavy atom. The number of fused-ring (bicyclic) bond motifs is 1. The van der Waals surface area contributed by atoms with Gasteiger partial charge in [-0.25, -0.2) is 0 Å². The molecule has 0 unspecified atom stereocenters. The van der Waals surface area contributed by atoms with Crippen molar-refractivity contribution < 1.29 is 14.1 Å². The molecule has 6 heteroatoms. The number of carbonyl (C=O) groups is 1. The number of nitrogens with one attached hydrogen (secondary N) is 1. The van der Waals surface area contributed by atoms with Gasteiger partial charge in [0.2, 0.25) is 0 Å². The van der Waals surface area contributed by atoms with Crippen molar-refractivity contribution in [1.29, 1.82) is 0 Å². The van der Waals surface area contributed by atoms with Gasteiger partial charge in [0, 0.05) is 0 Å². The third-order valence-electron chi connectivity index (χ3n) is 2.17. The van der Waals surface area contributed by atoms with Crippen LogP contribution in [-0.4, -0.2) is 36.7 Å². The SMILES string of the molecule is C[SH]1(=O)N[Se]c2cc(CC(=O)O)ccc21. The molecule has 4 nitrogen and oxygen atoms in total. The second-order valence-electron chi connectivity index (χ2n) is 3.49. The fourth-order valence-corrected chi connectivity index (χ4v) is 7.15. The minimum absolute atomic E-state index is 0.00806. The summed E-state index contributed by atoms with van der Waals surface area (Å²) in [7, 11) is -2.36. The maximum absolute atomic E-state index is 12.0. The molecule has 0 amide bonds. The van der Waals surface area contributed by atoms with E-state index in [4.69, 9.17) is 5.11 Å². The van der Waals surface area contributed by atoms with Gasteiger partial charge in [-0.15, -0.1) is 0 Å². The molecule has 1 aromatic carbocycles.